The molecule has 0 amide bonds. The summed E-state index contributed by atoms with van der Waals surface area (Å²) in [6.07, 6.45) is 0. The maximum Gasteiger partial charge on any atom is 0.321 e. The van der Waals surface area contributed by atoms with Crippen molar-refractivity contribution in [1.29, 1.82) is 0 Å². The Kier molecular flexibility index (Phi) is 6.78. The quantitative estimate of drug-likeness (QED) is 0.222. The van der Waals surface area contributed by atoms with E-state index < -0.39 is 51.3 Å². The number of hydrogen-bond donors (Lipinski definition) is 1. The van der Waals surface area contributed by atoms with Crippen LogP contribution in [0.3, 0.4) is 0 Å². The van der Waals surface area contributed by atoms with Gasteiger partial charge in [-0.1, -0.05) is 11.6 Å². The fourth-order valence-electron chi connectivity index (χ4n) is 1.88. The number of nitrogens with one attached hydrogen (secondary N) is 1. The molecule has 0 bridgehead atoms. The average molecular weight is 842 g/mol. The Labute approximate surface area is 264 Å². The first-order chi connectivity index (χ1) is 21.2. The Bertz CT molecular complexity index is 1580. The van der Waals surface area contributed by atoms with Crippen molar-refractivity contribution >= 4 is 91.3 Å². The lowest BCUT2D eigenvalue weighted by molar-refractivity contribution is 0.375. The molecule has 1 N–H and O–H groups in total. The number of aromatic amines is 1. The summed E-state index contributed by atoms with van der Waals surface area (Å²) in [4.78, 5) is 11.3. The van der Waals surface area contributed by atoms with E-state index in [1.165, 1.54) is 6.07 Å². The van der Waals surface area contributed by atoms with Gasteiger partial charge in [-0.15, -0.1) is 15.3 Å². The van der Waals surface area contributed by atoms with Crippen LogP contribution in [-0.4, -0.2) is 44.7 Å². The minimum absolute atomic E-state index is 0.0401. The molecule has 1 aromatic carbocycles. The summed E-state index contributed by atoms with van der Waals surface area (Å²) in [5.41, 5.74) is 0. The van der Waals surface area contributed by atoms with Gasteiger partial charge in [-0.2, -0.15) is 15.0 Å². The van der Waals surface area contributed by atoms with E-state index in [9.17, 15) is 4.39 Å². The summed E-state index contributed by atoms with van der Waals surface area (Å²) in [7, 11) is 0. The molecule has 0 saturated carbocycles. The highest BCUT2D eigenvalue weighted by atomic mass is 79.9. The number of benzene rings is 1. The maximum atomic E-state index is 13.4. The molecule has 0 aliphatic heterocycles. The second-order valence-corrected chi connectivity index (χ2v) is 9.63. The zero-order chi connectivity index (χ0) is 36.3. The Morgan fingerprint density at radius 3 is 2.03 bits per heavy atom. The highest BCUT2D eigenvalue weighted by Crippen LogP contribution is 2.27. The van der Waals surface area contributed by atoms with Crippen molar-refractivity contribution in [3.8, 4) is 11.8 Å². The summed E-state index contributed by atoms with van der Waals surface area (Å²) >= 11 is 20.7. The van der Waals surface area contributed by atoms with Crippen LogP contribution in [0.1, 0.15) is 55.9 Å². The molecule has 10 nitrogen and oxygen atoms in total. The van der Waals surface area contributed by atoms with Crippen LogP contribution < -0.4 is 4.74 Å². The topological polar surface area (TPSA) is 112 Å². The molecule has 4 rings (SSSR count). The third kappa shape index (κ3) is 10.1. The monoisotopic (exact) mass is 837 g/mol. The number of halogens is 7. The van der Waals surface area contributed by atoms with Crippen molar-refractivity contribution in [2.75, 3.05) is 0 Å². The normalized spacial score (nSPS) is 17.2. The Morgan fingerprint density at radius 2 is 1.54 bits per heavy atom. The second-order valence-electron chi connectivity index (χ2n) is 5.61. The van der Waals surface area contributed by atoms with Crippen molar-refractivity contribution < 1.29 is 25.6 Å². The number of H-pyrrole nitrogens is 1. The number of ether oxygens (including phenoxy) is 1. The molecule has 0 aliphatic rings. The number of nitrogens with zero attached hydrogens (tertiary/aromatic N) is 8. The van der Waals surface area contributed by atoms with Gasteiger partial charge in [0, 0.05) is 33.6 Å². The van der Waals surface area contributed by atoms with Gasteiger partial charge in [0.25, 0.3) is 0 Å². The van der Waals surface area contributed by atoms with Crippen LogP contribution in [0.25, 0.3) is 0 Å². The number of rotatable bonds is 4. The van der Waals surface area contributed by atoms with Crippen LogP contribution in [0.2, 0.25) is 5.02 Å². The van der Waals surface area contributed by atoms with Crippen LogP contribution in [0.5, 0.6) is 11.8 Å². The summed E-state index contributed by atoms with van der Waals surface area (Å²) < 4.78 is 110. The van der Waals surface area contributed by atoms with Crippen molar-refractivity contribution in [2.24, 2.45) is 0 Å². The molecule has 0 unspecified atom stereocenters. The lowest BCUT2D eigenvalue weighted by atomic mass is 10.3. The third-order valence-corrected chi connectivity index (χ3v) is 5.24. The molecule has 35 heavy (non-hydrogen) atoms. The van der Waals surface area contributed by atoms with Crippen LogP contribution in [0.4, 0.5) is 4.39 Å². The molecule has 0 spiro atoms. The van der Waals surface area contributed by atoms with E-state index in [0.29, 0.717) is 14.1 Å². The SMILES string of the molecule is Brc1n[nH]c(Br)n1.[2H]C([2H])([2H])C(n1nc(Br)nc1Br)C([2H])([2H])[2H].[2H]C([2H])([2H])C(n1nc(Br)nc1Oc1cc(F)cc(Cl)c1)C([2H])([2H])[2H]. The lowest BCUT2D eigenvalue weighted by Crippen LogP contribution is -2.05. The molecule has 0 saturated heterocycles. The van der Waals surface area contributed by atoms with Gasteiger partial charge >= 0.3 is 6.01 Å². The van der Waals surface area contributed by atoms with Gasteiger partial charge in [0.1, 0.15) is 11.6 Å². The van der Waals surface area contributed by atoms with Gasteiger partial charge in [0.05, 0.1) is 6.04 Å². The zero-order valence-electron chi connectivity index (χ0n) is 28.5. The predicted octanol–water partition coefficient (Wildman–Crippen LogP) is 7.92. The molecule has 190 valence electrons. The fourth-order valence-corrected chi connectivity index (χ4v) is 4.21. The summed E-state index contributed by atoms with van der Waals surface area (Å²) in [5.74, 6) is -0.776. The van der Waals surface area contributed by atoms with Crippen molar-refractivity contribution in [3.05, 3.63) is 52.7 Å². The molecule has 4 aromatic rings. The summed E-state index contributed by atoms with van der Waals surface area (Å²) in [6, 6.07) is -0.866. The van der Waals surface area contributed by atoms with Crippen LogP contribution >= 0.6 is 91.3 Å². The maximum absolute atomic E-state index is 13.4. The van der Waals surface area contributed by atoms with Gasteiger partial charge in [-0.25, -0.2) is 13.8 Å². The van der Waals surface area contributed by atoms with Crippen molar-refractivity contribution in [1.82, 2.24) is 44.7 Å². The zero-order valence-corrected chi connectivity index (χ0v) is 25.2. The van der Waals surface area contributed by atoms with E-state index >= 15 is 0 Å². The van der Waals surface area contributed by atoms with Crippen molar-refractivity contribution in [3.63, 3.8) is 0 Å². The molecule has 3 aromatic heterocycles. The summed E-state index contributed by atoms with van der Waals surface area (Å²) in [5, 5.41) is 13.7. The van der Waals surface area contributed by atoms with Crippen LogP contribution in [-0.2, 0) is 0 Å². The van der Waals surface area contributed by atoms with Gasteiger partial charge in [-0.05, 0) is 119 Å². The Hall–Kier alpha value is -0.940. The molecule has 0 fully saturated rings. The van der Waals surface area contributed by atoms with Crippen molar-refractivity contribution in [2.45, 2.75) is 39.5 Å². The molecular weight excluding hydrogens is 812 g/mol. The molecule has 17 heteroatoms. The van der Waals surface area contributed by atoms with Gasteiger partial charge in [0.15, 0.2) is 9.47 Å². The van der Waals surface area contributed by atoms with E-state index in [4.69, 9.17) is 32.8 Å². The van der Waals surface area contributed by atoms with E-state index in [1.807, 2.05) is 0 Å². The van der Waals surface area contributed by atoms with E-state index in [0.717, 1.165) is 16.8 Å². The number of hydrogen-bond acceptors (Lipinski definition) is 7. The molecule has 0 aliphatic carbocycles. The second kappa shape index (κ2) is 14.1. The standard InChI is InChI=1S/C11H10BrClFN3O.C5H7Br2N3.C2HBr2N3/c1-6(2)17-11(15-10(12)16-17)18-9-4-7(13)3-8(14)5-9;1-3(2)10-5(7)8-4(6)9-10;3-1-5-2(4)7-6-1/h3-6H,1-2H3;3H,1-2H3;(H,5,6,7)/i2*1D3,2D3;. The van der Waals surface area contributed by atoms with Gasteiger partial charge in [0.2, 0.25) is 14.2 Å². The average Bonchev–Trinajstić information content (AvgIpc) is 3.47. The number of aromatic nitrogens is 9. The highest BCUT2D eigenvalue weighted by molar-refractivity contribution is 9.11. The van der Waals surface area contributed by atoms with E-state index in [-0.39, 0.29) is 25.0 Å². The van der Waals surface area contributed by atoms with Crippen LogP contribution in [0, 0.1) is 5.82 Å². The fraction of sp³-hybridized carbons (Fsp3) is 0.333. The molecule has 3 heterocycles. The van der Waals surface area contributed by atoms with Crippen LogP contribution in [0.15, 0.2) is 41.9 Å². The minimum atomic E-state index is -2.91. The van der Waals surface area contributed by atoms with Gasteiger partial charge in [-0.3, -0.25) is 5.10 Å². The lowest BCUT2D eigenvalue weighted by Gasteiger charge is -2.09. The minimum Gasteiger partial charge on any atom is -0.424 e. The molecular formula is C18H18Br5ClFN9O. The Morgan fingerprint density at radius 1 is 0.914 bits per heavy atom. The third-order valence-electron chi connectivity index (χ3n) is 3.10. The first-order valence-electron chi connectivity index (χ1n) is 14.5. The Balaban J connectivity index is 0.000000284. The summed E-state index contributed by atoms with van der Waals surface area (Å²) in [6.45, 7) is -11.2. The van der Waals surface area contributed by atoms with E-state index in [2.05, 4.69) is 115 Å². The molecule has 0 radical (unpaired) electrons. The smallest absolute Gasteiger partial charge is 0.321 e. The first kappa shape index (κ1) is 16.8. The molecule has 0 atom stereocenters. The largest absolute Gasteiger partial charge is 0.424 e. The van der Waals surface area contributed by atoms with Gasteiger partial charge < -0.3 is 4.74 Å². The first-order valence-corrected chi connectivity index (χ1v) is 12.8. The highest BCUT2D eigenvalue weighted by Gasteiger charge is 2.14. The predicted molar refractivity (Wildman–Crippen MR) is 147 cm³/mol. The van der Waals surface area contributed by atoms with E-state index in [1.54, 1.807) is 0 Å².